The Bertz CT molecular complexity index is 229. The number of hydrogen-bond acceptors (Lipinski definition) is 2. The zero-order chi connectivity index (χ0) is 9.47. The van der Waals surface area contributed by atoms with Gasteiger partial charge in [-0.15, -0.1) is 0 Å². The minimum Gasteiger partial charge on any atom is -0.481 e. The van der Waals surface area contributed by atoms with Gasteiger partial charge in [0.25, 0.3) is 0 Å². The first-order valence-electron chi connectivity index (χ1n) is 5.10. The fraction of sp³-hybridized carbons (Fsp3) is 0.900. The largest absolute Gasteiger partial charge is 0.481 e. The lowest BCUT2D eigenvalue weighted by Crippen LogP contribution is -2.51. The second-order valence-corrected chi connectivity index (χ2v) is 4.64. The fourth-order valence-electron chi connectivity index (χ4n) is 3.41. The van der Waals surface area contributed by atoms with E-state index in [2.05, 4.69) is 0 Å². The van der Waals surface area contributed by atoms with Crippen molar-refractivity contribution < 1.29 is 9.90 Å². The van der Waals surface area contributed by atoms with Crippen LogP contribution in [0.4, 0.5) is 0 Å². The van der Waals surface area contributed by atoms with Crippen molar-refractivity contribution in [3.63, 3.8) is 0 Å². The van der Waals surface area contributed by atoms with Crippen LogP contribution in [0.25, 0.3) is 0 Å². The van der Waals surface area contributed by atoms with Crippen molar-refractivity contribution in [2.45, 2.75) is 32.1 Å². The molecule has 0 aromatic rings. The van der Waals surface area contributed by atoms with Gasteiger partial charge in [-0.2, -0.15) is 0 Å². The van der Waals surface area contributed by atoms with Gasteiger partial charge in [0, 0.05) is 0 Å². The van der Waals surface area contributed by atoms with Gasteiger partial charge in [0.1, 0.15) is 0 Å². The normalized spacial score (nSPS) is 42.5. The summed E-state index contributed by atoms with van der Waals surface area (Å²) in [7, 11) is 0. The minimum absolute atomic E-state index is 0.0347. The summed E-state index contributed by atoms with van der Waals surface area (Å²) >= 11 is 0. The number of carbonyl (C=O) groups is 1. The maximum Gasteiger partial charge on any atom is 0.303 e. The Morgan fingerprint density at radius 3 is 2.85 bits per heavy atom. The maximum absolute atomic E-state index is 10.7. The third-order valence-corrected chi connectivity index (χ3v) is 4.02. The molecule has 2 aliphatic rings. The Morgan fingerprint density at radius 1 is 1.54 bits per heavy atom. The van der Waals surface area contributed by atoms with E-state index in [9.17, 15) is 4.79 Å². The molecule has 74 valence electrons. The first-order chi connectivity index (χ1) is 6.18. The van der Waals surface area contributed by atoms with E-state index in [0.717, 1.165) is 12.3 Å². The van der Waals surface area contributed by atoms with Crippen LogP contribution in [-0.2, 0) is 4.79 Å². The number of aliphatic carboxylic acids is 1. The van der Waals surface area contributed by atoms with Crippen molar-refractivity contribution in [2.24, 2.45) is 23.0 Å². The van der Waals surface area contributed by atoms with Gasteiger partial charge in [-0.05, 0) is 36.6 Å². The fourth-order valence-corrected chi connectivity index (χ4v) is 3.41. The van der Waals surface area contributed by atoms with Gasteiger partial charge in [-0.1, -0.05) is 12.8 Å². The third kappa shape index (κ3) is 1.26. The quantitative estimate of drug-likeness (QED) is 0.691. The van der Waals surface area contributed by atoms with Gasteiger partial charge in [0.15, 0.2) is 0 Å². The van der Waals surface area contributed by atoms with Gasteiger partial charge in [0.2, 0.25) is 0 Å². The first kappa shape index (κ1) is 9.00. The summed E-state index contributed by atoms with van der Waals surface area (Å²) in [5.41, 5.74) is 5.68. The van der Waals surface area contributed by atoms with Crippen molar-refractivity contribution >= 4 is 5.97 Å². The Balaban J connectivity index is 2.05. The van der Waals surface area contributed by atoms with E-state index in [0.29, 0.717) is 12.5 Å². The monoisotopic (exact) mass is 183 g/mol. The zero-order valence-electron chi connectivity index (χ0n) is 7.83. The Labute approximate surface area is 78.3 Å². The molecule has 0 aromatic carbocycles. The maximum atomic E-state index is 10.7. The lowest BCUT2D eigenvalue weighted by molar-refractivity contribution is -0.145. The van der Waals surface area contributed by atoms with Crippen LogP contribution in [0.3, 0.4) is 0 Å². The van der Waals surface area contributed by atoms with Gasteiger partial charge in [-0.3, -0.25) is 4.79 Å². The number of hydrogen-bond donors (Lipinski definition) is 2. The Morgan fingerprint density at radius 2 is 2.31 bits per heavy atom. The summed E-state index contributed by atoms with van der Waals surface area (Å²) in [6.45, 7) is 0.556. The molecule has 3 heteroatoms. The minimum atomic E-state index is -0.684. The highest BCUT2D eigenvalue weighted by Gasteiger charge is 2.55. The van der Waals surface area contributed by atoms with Gasteiger partial charge >= 0.3 is 5.97 Å². The Hall–Kier alpha value is -0.570. The van der Waals surface area contributed by atoms with Crippen molar-refractivity contribution in [1.29, 1.82) is 0 Å². The molecular formula is C10H17NO2. The van der Waals surface area contributed by atoms with Gasteiger partial charge < -0.3 is 10.8 Å². The molecule has 3 nitrogen and oxygen atoms in total. The smallest absolute Gasteiger partial charge is 0.303 e. The van der Waals surface area contributed by atoms with E-state index in [1.807, 2.05) is 0 Å². The van der Waals surface area contributed by atoms with Crippen LogP contribution < -0.4 is 5.73 Å². The van der Waals surface area contributed by atoms with E-state index >= 15 is 0 Å². The number of rotatable bonds is 3. The van der Waals surface area contributed by atoms with Crippen LogP contribution in [0.1, 0.15) is 32.1 Å². The molecule has 3 N–H and O–H groups in total. The molecule has 2 fully saturated rings. The average molecular weight is 183 g/mol. The second-order valence-electron chi connectivity index (χ2n) is 4.64. The Kier molecular flexibility index (Phi) is 2.06. The zero-order valence-corrected chi connectivity index (χ0v) is 7.83. The molecule has 2 saturated carbocycles. The standard InChI is InChI=1S/C10H17NO2/c11-6-10(5-9(12)13)4-7-2-1-3-8(7)10/h7-8H,1-6,11H2,(H,12,13)/t7?,8?,10-/m1/s1. The SMILES string of the molecule is NC[C@]1(CC(=O)O)CC2CCCC21. The molecule has 0 heterocycles. The van der Waals surface area contributed by atoms with E-state index in [4.69, 9.17) is 10.8 Å². The van der Waals surface area contributed by atoms with Crippen molar-refractivity contribution in [2.75, 3.05) is 6.54 Å². The lowest BCUT2D eigenvalue weighted by atomic mass is 9.53. The van der Waals surface area contributed by atoms with Crippen LogP contribution in [0.5, 0.6) is 0 Å². The van der Waals surface area contributed by atoms with Crippen LogP contribution in [0.2, 0.25) is 0 Å². The summed E-state index contributed by atoms with van der Waals surface area (Å²) < 4.78 is 0. The van der Waals surface area contributed by atoms with Crippen molar-refractivity contribution in [3.05, 3.63) is 0 Å². The summed E-state index contributed by atoms with van der Waals surface area (Å²) in [6.07, 6.45) is 5.11. The first-order valence-corrected chi connectivity index (χ1v) is 5.10. The van der Waals surface area contributed by atoms with E-state index in [1.54, 1.807) is 0 Å². The summed E-state index contributed by atoms with van der Waals surface area (Å²) in [4.78, 5) is 10.7. The number of carboxylic acids is 1. The highest BCUT2D eigenvalue weighted by atomic mass is 16.4. The lowest BCUT2D eigenvalue weighted by Gasteiger charge is -2.51. The van der Waals surface area contributed by atoms with Crippen LogP contribution in [0, 0.1) is 17.3 Å². The van der Waals surface area contributed by atoms with Gasteiger partial charge in [0.05, 0.1) is 6.42 Å². The molecule has 0 bridgehead atoms. The molecule has 2 rings (SSSR count). The predicted octanol–water partition coefficient (Wildman–Crippen LogP) is 1.23. The van der Waals surface area contributed by atoms with E-state index < -0.39 is 5.97 Å². The van der Waals surface area contributed by atoms with Crippen LogP contribution in [0.15, 0.2) is 0 Å². The molecule has 0 amide bonds. The molecule has 2 aliphatic carbocycles. The molecular weight excluding hydrogens is 166 g/mol. The summed E-state index contributed by atoms with van der Waals surface area (Å²) in [6, 6.07) is 0. The highest BCUT2D eigenvalue weighted by Crippen LogP contribution is 2.60. The van der Waals surface area contributed by atoms with E-state index in [1.165, 1.54) is 19.3 Å². The molecule has 0 radical (unpaired) electrons. The van der Waals surface area contributed by atoms with Crippen LogP contribution in [-0.4, -0.2) is 17.6 Å². The summed E-state index contributed by atoms with van der Waals surface area (Å²) in [5, 5.41) is 8.81. The van der Waals surface area contributed by atoms with Gasteiger partial charge in [-0.25, -0.2) is 0 Å². The van der Waals surface area contributed by atoms with E-state index in [-0.39, 0.29) is 11.8 Å². The number of carboxylic acid groups (broad SMARTS) is 1. The molecule has 0 saturated heterocycles. The molecule has 0 spiro atoms. The molecule has 0 aliphatic heterocycles. The second kappa shape index (κ2) is 2.98. The number of nitrogens with two attached hydrogens (primary N) is 1. The summed E-state index contributed by atoms with van der Waals surface area (Å²) in [5.74, 6) is 0.729. The third-order valence-electron chi connectivity index (χ3n) is 4.02. The van der Waals surface area contributed by atoms with Crippen molar-refractivity contribution in [3.8, 4) is 0 Å². The van der Waals surface area contributed by atoms with Crippen LogP contribution >= 0.6 is 0 Å². The van der Waals surface area contributed by atoms with Crippen molar-refractivity contribution in [1.82, 2.24) is 0 Å². The topological polar surface area (TPSA) is 63.3 Å². The molecule has 2 unspecified atom stereocenters. The highest BCUT2D eigenvalue weighted by molar-refractivity contribution is 5.68. The molecule has 3 atom stereocenters. The predicted molar refractivity (Wildman–Crippen MR) is 49.2 cm³/mol. The number of fused-ring (bicyclic) bond motifs is 1. The molecule has 13 heavy (non-hydrogen) atoms. The average Bonchev–Trinajstić information content (AvgIpc) is 2.43. The molecule has 0 aromatic heterocycles.